The molecule has 1 saturated heterocycles. The maximum atomic E-state index is 12.6. The summed E-state index contributed by atoms with van der Waals surface area (Å²) in [6, 6.07) is 7.92. The molecule has 29 heavy (non-hydrogen) atoms. The van der Waals surface area contributed by atoms with E-state index in [4.69, 9.17) is 9.47 Å². The third-order valence-corrected chi connectivity index (χ3v) is 5.36. The van der Waals surface area contributed by atoms with Gasteiger partial charge in [0.2, 0.25) is 0 Å². The van der Waals surface area contributed by atoms with Crippen molar-refractivity contribution in [2.75, 3.05) is 19.7 Å². The predicted molar refractivity (Wildman–Crippen MR) is 108 cm³/mol. The molecule has 0 radical (unpaired) electrons. The monoisotopic (exact) mass is 400 g/mol. The molecule has 2 heterocycles. The molecule has 1 aliphatic heterocycles. The highest BCUT2D eigenvalue weighted by Crippen LogP contribution is 2.21. The lowest BCUT2D eigenvalue weighted by atomic mass is 9.97. The van der Waals surface area contributed by atoms with Gasteiger partial charge in [-0.15, -0.1) is 0 Å². The summed E-state index contributed by atoms with van der Waals surface area (Å²) in [7, 11) is 0. The van der Waals surface area contributed by atoms with Crippen LogP contribution in [0.1, 0.15) is 38.7 Å². The van der Waals surface area contributed by atoms with Crippen molar-refractivity contribution in [3.8, 4) is 0 Å². The Kier molecular flexibility index (Phi) is 6.90. The zero-order valence-electron chi connectivity index (χ0n) is 17.0. The number of para-hydroxylation sites is 1. The summed E-state index contributed by atoms with van der Waals surface area (Å²) in [5, 5.41) is 1.09. The number of aromatic amines is 1. The molecule has 0 saturated carbocycles. The standard InChI is InChI=1S/C22H28N2O5/c1-3-28-22(27)16-10-12-24(13-11-16)21(26)15(2)29-20(25)9-8-17-14-23-19-7-5-4-6-18(17)19/h4-7,14-16,23H,3,8-13H2,1-2H3. The number of aryl methyl sites for hydroxylation is 1. The molecule has 1 aliphatic rings. The van der Waals surface area contributed by atoms with Crippen LogP contribution < -0.4 is 0 Å². The van der Waals surface area contributed by atoms with Gasteiger partial charge in [-0.1, -0.05) is 18.2 Å². The van der Waals surface area contributed by atoms with E-state index in [1.165, 1.54) is 0 Å². The van der Waals surface area contributed by atoms with Gasteiger partial charge in [-0.2, -0.15) is 0 Å². The van der Waals surface area contributed by atoms with Gasteiger partial charge in [-0.3, -0.25) is 14.4 Å². The number of nitrogens with zero attached hydrogens (tertiary/aromatic N) is 1. The van der Waals surface area contributed by atoms with Crippen molar-refractivity contribution in [1.82, 2.24) is 9.88 Å². The Morgan fingerprint density at radius 1 is 1.21 bits per heavy atom. The van der Waals surface area contributed by atoms with E-state index >= 15 is 0 Å². The zero-order chi connectivity index (χ0) is 20.8. The van der Waals surface area contributed by atoms with E-state index in [0.29, 0.717) is 39.0 Å². The number of likely N-dealkylation sites (tertiary alicyclic amines) is 1. The summed E-state index contributed by atoms with van der Waals surface area (Å²) in [4.78, 5) is 41.4. The van der Waals surface area contributed by atoms with Crippen LogP contribution in [0.2, 0.25) is 0 Å². The van der Waals surface area contributed by atoms with Crippen LogP contribution in [0.4, 0.5) is 0 Å². The normalized spacial score (nSPS) is 15.9. The van der Waals surface area contributed by atoms with Gasteiger partial charge in [-0.25, -0.2) is 0 Å². The van der Waals surface area contributed by atoms with Crippen LogP contribution in [0.25, 0.3) is 10.9 Å². The van der Waals surface area contributed by atoms with E-state index in [1.54, 1.807) is 18.7 Å². The minimum atomic E-state index is -0.829. The quantitative estimate of drug-likeness (QED) is 0.722. The second kappa shape index (κ2) is 9.58. The van der Waals surface area contributed by atoms with Crippen LogP contribution in [-0.4, -0.2) is 53.5 Å². The molecule has 1 fully saturated rings. The van der Waals surface area contributed by atoms with Gasteiger partial charge in [0.1, 0.15) is 0 Å². The molecule has 1 N–H and O–H groups in total. The molecule has 1 amide bonds. The first kappa shape index (κ1) is 20.9. The lowest BCUT2D eigenvalue weighted by Crippen LogP contribution is -2.45. The third-order valence-electron chi connectivity index (χ3n) is 5.36. The first-order valence-electron chi connectivity index (χ1n) is 10.2. The number of esters is 2. The summed E-state index contributed by atoms with van der Waals surface area (Å²) in [5.74, 6) is -0.963. The fourth-order valence-electron chi connectivity index (χ4n) is 3.73. The number of benzene rings is 1. The molecule has 0 aliphatic carbocycles. The Morgan fingerprint density at radius 2 is 1.93 bits per heavy atom. The predicted octanol–water partition coefficient (Wildman–Crippen LogP) is 2.83. The summed E-state index contributed by atoms with van der Waals surface area (Å²) in [6.45, 7) is 4.69. The minimum Gasteiger partial charge on any atom is -0.466 e. The van der Waals surface area contributed by atoms with Crippen molar-refractivity contribution >= 4 is 28.7 Å². The number of H-pyrrole nitrogens is 1. The number of hydrogen-bond acceptors (Lipinski definition) is 5. The summed E-state index contributed by atoms with van der Waals surface area (Å²) < 4.78 is 10.4. The number of carbonyl (C=O) groups excluding carboxylic acids is 3. The van der Waals surface area contributed by atoms with Gasteiger partial charge in [-0.05, 0) is 44.7 Å². The average Bonchev–Trinajstić information content (AvgIpc) is 3.15. The first-order chi connectivity index (χ1) is 14.0. The lowest BCUT2D eigenvalue weighted by molar-refractivity contribution is -0.160. The van der Waals surface area contributed by atoms with Crippen molar-refractivity contribution in [3.63, 3.8) is 0 Å². The van der Waals surface area contributed by atoms with E-state index in [1.807, 2.05) is 30.5 Å². The second-order valence-electron chi connectivity index (χ2n) is 7.34. The Morgan fingerprint density at radius 3 is 2.66 bits per heavy atom. The number of nitrogens with one attached hydrogen (secondary N) is 1. The molecule has 3 rings (SSSR count). The Hall–Kier alpha value is -2.83. The van der Waals surface area contributed by atoms with Crippen LogP contribution in [0.3, 0.4) is 0 Å². The van der Waals surface area contributed by atoms with Gasteiger partial charge in [0.25, 0.3) is 5.91 Å². The number of ether oxygens (including phenoxy) is 2. The molecule has 1 unspecified atom stereocenters. The summed E-state index contributed by atoms with van der Waals surface area (Å²) in [6.07, 6.45) is 2.99. The Bertz CT molecular complexity index is 867. The topological polar surface area (TPSA) is 88.7 Å². The largest absolute Gasteiger partial charge is 0.466 e. The fourth-order valence-corrected chi connectivity index (χ4v) is 3.73. The van der Waals surface area contributed by atoms with Crippen LogP contribution >= 0.6 is 0 Å². The van der Waals surface area contributed by atoms with Crippen molar-refractivity contribution in [2.45, 2.75) is 45.6 Å². The first-order valence-corrected chi connectivity index (χ1v) is 10.2. The fraction of sp³-hybridized carbons (Fsp3) is 0.500. The maximum absolute atomic E-state index is 12.6. The highest BCUT2D eigenvalue weighted by molar-refractivity contribution is 5.85. The molecule has 1 aromatic heterocycles. The summed E-state index contributed by atoms with van der Waals surface area (Å²) in [5.41, 5.74) is 2.09. The zero-order valence-corrected chi connectivity index (χ0v) is 17.0. The molecule has 156 valence electrons. The smallest absolute Gasteiger partial charge is 0.309 e. The average molecular weight is 400 g/mol. The number of hydrogen-bond donors (Lipinski definition) is 1. The SMILES string of the molecule is CCOC(=O)C1CCN(C(=O)C(C)OC(=O)CCc2c[nH]c3ccccc23)CC1. The highest BCUT2D eigenvalue weighted by Gasteiger charge is 2.31. The number of fused-ring (bicyclic) bond motifs is 1. The molecule has 7 heteroatoms. The molecule has 2 aromatic rings. The molecule has 7 nitrogen and oxygen atoms in total. The minimum absolute atomic E-state index is 0.159. The molecule has 1 atom stereocenters. The summed E-state index contributed by atoms with van der Waals surface area (Å²) >= 11 is 0. The molecule has 0 bridgehead atoms. The van der Waals surface area contributed by atoms with E-state index in [2.05, 4.69) is 4.98 Å². The van der Waals surface area contributed by atoms with Gasteiger partial charge in [0.05, 0.1) is 12.5 Å². The van der Waals surface area contributed by atoms with E-state index in [-0.39, 0.29) is 24.2 Å². The van der Waals surface area contributed by atoms with Crippen molar-refractivity contribution < 1.29 is 23.9 Å². The second-order valence-corrected chi connectivity index (χ2v) is 7.34. The van der Waals surface area contributed by atoms with Crippen LogP contribution in [-0.2, 0) is 30.3 Å². The van der Waals surface area contributed by atoms with Crippen molar-refractivity contribution in [3.05, 3.63) is 36.0 Å². The third kappa shape index (κ3) is 5.16. The number of rotatable bonds is 7. The number of aromatic nitrogens is 1. The number of carbonyl (C=O) groups is 3. The van der Waals surface area contributed by atoms with E-state index in [0.717, 1.165) is 16.5 Å². The maximum Gasteiger partial charge on any atom is 0.309 e. The van der Waals surface area contributed by atoms with Gasteiger partial charge in [0, 0.05) is 36.6 Å². The van der Waals surface area contributed by atoms with Crippen LogP contribution in [0.5, 0.6) is 0 Å². The molecular formula is C22H28N2O5. The molecular weight excluding hydrogens is 372 g/mol. The lowest BCUT2D eigenvalue weighted by Gasteiger charge is -2.32. The van der Waals surface area contributed by atoms with Gasteiger partial charge >= 0.3 is 11.9 Å². The van der Waals surface area contributed by atoms with Gasteiger partial charge < -0.3 is 19.4 Å². The van der Waals surface area contributed by atoms with Crippen molar-refractivity contribution in [2.24, 2.45) is 5.92 Å². The molecule has 0 spiro atoms. The van der Waals surface area contributed by atoms with Gasteiger partial charge in [0.15, 0.2) is 6.10 Å². The Balaban J connectivity index is 1.44. The van der Waals surface area contributed by atoms with E-state index in [9.17, 15) is 14.4 Å². The molecule has 1 aromatic carbocycles. The highest BCUT2D eigenvalue weighted by atomic mass is 16.5. The number of piperidine rings is 1. The van der Waals surface area contributed by atoms with Crippen molar-refractivity contribution in [1.29, 1.82) is 0 Å². The number of amides is 1. The van der Waals surface area contributed by atoms with E-state index < -0.39 is 12.1 Å². The Labute approximate surface area is 170 Å². The van der Waals surface area contributed by atoms with Crippen LogP contribution in [0, 0.1) is 5.92 Å². The van der Waals surface area contributed by atoms with Crippen LogP contribution in [0.15, 0.2) is 30.5 Å².